The van der Waals surface area contributed by atoms with Gasteiger partial charge in [-0.05, 0) is 31.1 Å². The predicted molar refractivity (Wildman–Crippen MR) is 186 cm³/mol. The first-order valence-electron chi connectivity index (χ1n) is 19.6. The van der Waals surface area contributed by atoms with E-state index in [9.17, 15) is 0 Å². The Balaban J connectivity index is 4.60. The highest BCUT2D eigenvalue weighted by Crippen LogP contribution is 2.32. The van der Waals surface area contributed by atoms with E-state index < -0.39 is 0 Å². The zero-order chi connectivity index (χ0) is 29.2. The molecule has 0 aliphatic heterocycles. The molecule has 0 aliphatic carbocycles. The molecule has 0 saturated carbocycles. The van der Waals surface area contributed by atoms with Crippen LogP contribution in [0.3, 0.4) is 0 Å². The Hall–Kier alpha value is 0. The minimum atomic E-state index is 0.986. The van der Waals surface area contributed by atoms with Crippen molar-refractivity contribution in [3.63, 3.8) is 0 Å². The summed E-state index contributed by atoms with van der Waals surface area (Å²) in [4.78, 5) is 0. The largest absolute Gasteiger partial charge is 0.0654 e. The van der Waals surface area contributed by atoms with Crippen molar-refractivity contribution in [2.24, 2.45) is 5.92 Å². The smallest absolute Gasteiger partial charge is 0.0238 e. The first-order chi connectivity index (χ1) is 19.8. The summed E-state index contributed by atoms with van der Waals surface area (Å²) >= 11 is 0. The van der Waals surface area contributed by atoms with E-state index in [1.54, 1.807) is 0 Å². The van der Waals surface area contributed by atoms with Crippen LogP contribution in [-0.4, -0.2) is 0 Å². The Bertz CT molecular complexity index is 426. The first kappa shape index (κ1) is 40.0. The van der Waals surface area contributed by atoms with E-state index in [0.717, 1.165) is 5.92 Å². The van der Waals surface area contributed by atoms with Crippen LogP contribution in [0.15, 0.2) is 0 Å². The molecule has 0 fully saturated rings. The van der Waals surface area contributed by atoms with Gasteiger partial charge in [0.05, 0.1) is 0 Å². The van der Waals surface area contributed by atoms with Crippen LogP contribution in [0.5, 0.6) is 0 Å². The van der Waals surface area contributed by atoms with Crippen molar-refractivity contribution in [3.8, 4) is 0 Å². The molecule has 0 N–H and O–H groups in total. The number of unbranched alkanes of at least 4 members (excludes halogenated alkanes) is 25. The second-order valence-corrected chi connectivity index (χ2v) is 13.7. The molecule has 0 saturated heterocycles. The summed E-state index contributed by atoms with van der Waals surface area (Å²) in [5.74, 6) is 2.97. The fraction of sp³-hybridized carbons (Fsp3) is 0.975. The molecule has 0 spiro atoms. The van der Waals surface area contributed by atoms with Gasteiger partial charge in [-0.3, -0.25) is 0 Å². The molecular formula is C40H81. The van der Waals surface area contributed by atoms with E-state index in [1.807, 2.05) is 5.92 Å². The lowest BCUT2D eigenvalue weighted by molar-refractivity contribution is 0.368. The quantitative estimate of drug-likeness (QED) is 0.0675. The Morgan fingerprint density at radius 3 is 0.850 bits per heavy atom. The SMILES string of the molecule is CCCCCCCCCCC[C](CCCCCCCC)CC(CCCCCCCC)CCCCCCCCCC. The van der Waals surface area contributed by atoms with E-state index in [4.69, 9.17) is 0 Å². The van der Waals surface area contributed by atoms with Gasteiger partial charge in [0.2, 0.25) is 0 Å². The Labute approximate surface area is 257 Å². The first-order valence-corrected chi connectivity index (χ1v) is 19.6. The zero-order valence-electron chi connectivity index (χ0n) is 29.1. The van der Waals surface area contributed by atoms with Crippen molar-refractivity contribution in [3.05, 3.63) is 5.92 Å². The number of hydrogen-bond donors (Lipinski definition) is 0. The Kier molecular flexibility index (Phi) is 35.2. The lowest BCUT2D eigenvalue weighted by atomic mass is 9.81. The van der Waals surface area contributed by atoms with Crippen LogP contribution in [0.2, 0.25) is 0 Å². The molecule has 0 aromatic heterocycles. The van der Waals surface area contributed by atoms with Crippen molar-refractivity contribution in [2.45, 2.75) is 246 Å². The minimum Gasteiger partial charge on any atom is -0.0654 e. The second-order valence-electron chi connectivity index (χ2n) is 13.7. The Morgan fingerprint density at radius 1 is 0.300 bits per heavy atom. The predicted octanol–water partition coefficient (Wildman–Crippen LogP) is 15.5. The molecule has 0 aliphatic rings. The molecule has 0 nitrogen and oxygen atoms in total. The lowest BCUT2D eigenvalue weighted by Gasteiger charge is -2.24. The molecule has 241 valence electrons. The zero-order valence-corrected chi connectivity index (χ0v) is 29.1. The van der Waals surface area contributed by atoms with E-state index in [-0.39, 0.29) is 0 Å². The highest BCUT2D eigenvalue weighted by atomic mass is 14.2. The van der Waals surface area contributed by atoms with Gasteiger partial charge in [-0.25, -0.2) is 0 Å². The molecule has 1 unspecified atom stereocenters. The van der Waals surface area contributed by atoms with Crippen LogP contribution in [-0.2, 0) is 0 Å². The van der Waals surface area contributed by atoms with E-state index in [0.29, 0.717) is 0 Å². The standard InChI is InChI=1S/C40H81/c1-5-9-13-17-21-23-25-29-33-37-40(35-31-27-20-16-12-8-4)38-39(34-30-26-19-15-11-7-3)36-32-28-24-22-18-14-10-6-2/h39H,5-38H2,1-4H3. The molecular weight excluding hydrogens is 480 g/mol. The molecule has 0 rings (SSSR count). The van der Waals surface area contributed by atoms with Gasteiger partial charge in [0.25, 0.3) is 0 Å². The van der Waals surface area contributed by atoms with E-state index >= 15 is 0 Å². The van der Waals surface area contributed by atoms with E-state index in [1.165, 1.54) is 218 Å². The lowest BCUT2D eigenvalue weighted by Crippen LogP contribution is -2.09. The fourth-order valence-electron chi connectivity index (χ4n) is 6.71. The van der Waals surface area contributed by atoms with Crippen molar-refractivity contribution in [1.29, 1.82) is 0 Å². The average Bonchev–Trinajstić information content (AvgIpc) is 2.96. The highest BCUT2D eigenvalue weighted by Gasteiger charge is 2.17. The number of rotatable bonds is 35. The summed E-state index contributed by atoms with van der Waals surface area (Å²) in [5, 5.41) is 0. The summed E-state index contributed by atoms with van der Waals surface area (Å²) in [6.45, 7) is 9.34. The summed E-state index contributed by atoms with van der Waals surface area (Å²) in [6.07, 6.45) is 49.7. The van der Waals surface area contributed by atoms with Crippen molar-refractivity contribution in [1.82, 2.24) is 0 Å². The number of hydrogen-bond acceptors (Lipinski definition) is 0. The molecule has 0 aromatic carbocycles. The monoisotopic (exact) mass is 562 g/mol. The third-order valence-corrected chi connectivity index (χ3v) is 9.53. The van der Waals surface area contributed by atoms with Gasteiger partial charge in [0.15, 0.2) is 0 Å². The molecule has 0 heterocycles. The van der Waals surface area contributed by atoms with Crippen LogP contribution in [0.25, 0.3) is 0 Å². The normalized spacial score (nSPS) is 12.5. The van der Waals surface area contributed by atoms with Gasteiger partial charge in [0.1, 0.15) is 0 Å². The van der Waals surface area contributed by atoms with Crippen LogP contribution in [0, 0.1) is 11.8 Å². The van der Waals surface area contributed by atoms with Crippen LogP contribution >= 0.6 is 0 Å². The van der Waals surface area contributed by atoms with Gasteiger partial charge < -0.3 is 0 Å². The minimum absolute atomic E-state index is 0.986. The molecule has 0 amide bonds. The molecule has 0 aromatic rings. The summed E-state index contributed by atoms with van der Waals surface area (Å²) in [7, 11) is 0. The fourth-order valence-corrected chi connectivity index (χ4v) is 6.71. The van der Waals surface area contributed by atoms with Gasteiger partial charge >= 0.3 is 0 Å². The summed E-state index contributed by atoms with van der Waals surface area (Å²) in [6, 6.07) is 0. The molecule has 0 heteroatoms. The topological polar surface area (TPSA) is 0 Å². The van der Waals surface area contributed by atoms with Crippen LogP contribution < -0.4 is 0 Å². The van der Waals surface area contributed by atoms with Crippen LogP contribution in [0.1, 0.15) is 246 Å². The van der Waals surface area contributed by atoms with Gasteiger partial charge in [-0.1, -0.05) is 227 Å². The van der Waals surface area contributed by atoms with Gasteiger partial charge in [-0.2, -0.15) is 0 Å². The molecule has 1 radical (unpaired) electrons. The van der Waals surface area contributed by atoms with Crippen molar-refractivity contribution >= 4 is 0 Å². The maximum Gasteiger partial charge on any atom is -0.0238 e. The van der Waals surface area contributed by atoms with Crippen molar-refractivity contribution in [2.75, 3.05) is 0 Å². The third kappa shape index (κ3) is 30.9. The van der Waals surface area contributed by atoms with Crippen LogP contribution in [0.4, 0.5) is 0 Å². The summed E-state index contributed by atoms with van der Waals surface area (Å²) in [5.41, 5.74) is 0. The van der Waals surface area contributed by atoms with Gasteiger partial charge in [0, 0.05) is 0 Å². The average molecular weight is 562 g/mol. The molecule has 40 heavy (non-hydrogen) atoms. The summed E-state index contributed by atoms with van der Waals surface area (Å²) < 4.78 is 0. The molecule has 1 atom stereocenters. The maximum atomic E-state index is 2.34. The van der Waals surface area contributed by atoms with Gasteiger partial charge in [-0.15, -0.1) is 0 Å². The highest BCUT2D eigenvalue weighted by molar-refractivity contribution is 4.91. The Morgan fingerprint density at radius 2 is 0.550 bits per heavy atom. The second kappa shape index (κ2) is 35.2. The third-order valence-electron chi connectivity index (χ3n) is 9.53. The maximum absolute atomic E-state index is 2.34. The van der Waals surface area contributed by atoms with E-state index in [2.05, 4.69) is 27.7 Å². The van der Waals surface area contributed by atoms with Crippen molar-refractivity contribution < 1.29 is 0 Å². The molecule has 0 bridgehead atoms.